The van der Waals surface area contributed by atoms with Crippen LogP contribution < -0.4 is 5.19 Å². The lowest BCUT2D eigenvalue weighted by atomic mass is 10.2. The van der Waals surface area contributed by atoms with E-state index in [9.17, 15) is 17.6 Å². The van der Waals surface area contributed by atoms with Crippen LogP contribution in [0.5, 0.6) is 0 Å². The predicted molar refractivity (Wildman–Crippen MR) is 77.2 cm³/mol. The molecular weight excluding hydrogens is 320 g/mol. The number of halogens is 4. The molecule has 0 aliphatic rings. The molecule has 0 heterocycles. The Morgan fingerprint density at radius 2 is 1.64 bits per heavy atom. The van der Waals surface area contributed by atoms with Crippen LogP contribution in [0.3, 0.4) is 0 Å². The third-order valence-corrected chi connectivity index (χ3v) is 5.58. The van der Waals surface area contributed by atoms with Crippen molar-refractivity contribution in [3.05, 3.63) is 36.4 Å². The summed E-state index contributed by atoms with van der Waals surface area (Å²) in [6.07, 6.45) is -7.05. The molecule has 0 fully saturated rings. The maximum absolute atomic E-state index is 13.4. The molecular formula is C14H18F4O3Si. The van der Waals surface area contributed by atoms with Gasteiger partial charge < -0.3 is 13.3 Å². The van der Waals surface area contributed by atoms with Gasteiger partial charge in [0, 0.05) is 18.4 Å². The first kappa shape index (κ1) is 18.8. The van der Waals surface area contributed by atoms with Crippen molar-refractivity contribution in [2.75, 3.05) is 13.2 Å². The van der Waals surface area contributed by atoms with Crippen molar-refractivity contribution in [1.29, 1.82) is 0 Å². The van der Waals surface area contributed by atoms with Gasteiger partial charge >= 0.3 is 15.0 Å². The molecule has 8 heteroatoms. The molecule has 0 saturated heterocycles. The van der Waals surface area contributed by atoms with Crippen LogP contribution in [0, 0.1) is 0 Å². The molecule has 3 nitrogen and oxygen atoms in total. The minimum absolute atomic E-state index is 0.0278. The number of alkyl halides is 4. The Hall–Kier alpha value is -1.22. The van der Waals surface area contributed by atoms with Crippen LogP contribution in [0.1, 0.15) is 19.4 Å². The molecule has 0 bridgehead atoms. The molecule has 0 N–H and O–H groups in total. The van der Waals surface area contributed by atoms with Gasteiger partial charge in [0.05, 0.1) is 0 Å². The summed E-state index contributed by atoms with van der Waals surface area (Å²) in [5, 5.41) is 0.258. The summed E-state index contributed by atoms with van der Waals surface area (Å²) in [6.45, 7) is 6.79. The van der Waals surface area contributed by atoms with Crippen LogP contribution in [0.15, 0.2) is 30.8 Å². The summed E-state index contributed by atoms with van der Waals surface area (Å²) < 4.78 is 66.1. The Morgan fingerprint density at radius 1 is 1.14 bits per heavy atom. The van der Waals surface area contributed by atoms with E-state index in [4.69, 9.17) is 8.85 Å². The second-order valence-corrected chi connectivity index (χ2v) is 6.73. The maximum atomic E-state index is 13.4. The molecule has 1 atom stereocenters. The van der Waals surface area contributed by atoms with Crippen LogP contribution in [0.4, 0.5) is 17.6 Å². The summed E-state index contributed by atoms with van der Waals surface area (Å²) in [5.74, 6) is 0. The first-order valence-corrected chi connectivity index (χ1v) is 8.41. The van der Waals surface area contributed by atoms with Gasteiger partial charge in [-0.15, -0.1) is 0 Å². The van der Waals surface area contributed by atoms with Gasteiger partial charge in [-0.1, -0.05) is 36.9 Å². The quantitative estimate of drug-likeness (QED) is 0.537. The lowest BCUT2D eigenvalue weighted by Crippen LogP contribution is -2.59. The first-order valence-electron chi connectivity index (χ1n) is 6.68. The third-order valence-electron chi connectivity index (χ3n) is 2.68. The Balaban J connectivity index is 3.20. The molecule has 1 rings (SSSR count). The number of hydrogen-bond acceptors (Lipinski definition) is 3. The summed E-state index contributed by atoms with van der Waals surface area (Å²) in [7, 11) is -4.01. The highest BCUT2D eigenvalue weighted by molar-refractivity contribution is 6.75. The van der Waals surface area contributed by atoms with Gasteiger partial charge in [-0.25, -0.2) is 4.39 Å². The van der Waals surface area contributed by atoms with E-state index in [0.717, 1.165) is 5.56 Å². The van der Waals surface area contributed by atoms with Crippen molar-refractivity contribution in [1.82, 2.24) is 0 Å². The predicted octanol–water partition coefficient (Wildman–Crippen LogP) is 3.42. The van der Waals surface area contributed by atoms with E-state index < -0.39 is 21.3 Å². The molecule has 0 spiro atoms. The Labute approximate surface area is 127 Å². The molecule has 0 amide bonds. The highest BCUT2D eigenvalue weighted by Gasteiger charge is 2.53. The standard InChI is InChI=1S/C14H18F4O3Si/c1-4-11-7-9-12(10-8-11)22(19-5-2,20-6-3)21-13(15)14(16,17)18/h4,7-10,13H,1,5-6H2,2-3H3. The summed E-state index contributed by atoms with van der Waals surface area (Å²) in [5.41, 5.74) is 0.757. The van der Waals surface area contributed by atoms with Gasteiger partial charge in [-0.05, 0) is 19.4 Å². The zero-order chi connectivity index (χ0) is 16.8. The fraction of sp³-hybridized carbons (Fsp3) is 0.429. The second kappa shape index (κ2) is 7.86. The molecule has 1 aromatic carbocycles. The van der Waals surface area contributed by atoms with E-state index in [1.54, 1.807) is 32.1 Å². The fourth-order valence-electron chi connectivity index (χ4n) is 1.75. The van der Waals surface area contributed by atoms with Gasteiger partial charge in [0.1, 0.15) is 0 Å². The summed E-state index contributed by atoms with van der Waals surface area (Å²) in [4.78, 5) is 0. The third kappa shape index (κ3) is 4.64. The Morgan fingerprint density at radius 3 is 2.00 bits per heavy atom. The van der Waals surface area contributed by atoms with Gasteiger partial charge in [-0.2, -0.15) is 13.2 Å². The second-order valence-electron chi connectivity index (χ2n) is 4.22. The van der Waals surface area contributed by atoms with E-state index in [0.29, 0.717) is 0 Å². The molecule has 0 radical (unpaired) electrons. The van der Waals surface area contributed by atoms with Crippen LogP contribution in [-0.4, -0.2) is 34.6 Å². The number of rotatable bonds is 8. The van der Waals surface area contributed by atoms with E-state index in [1.807, 2.05) is 0 Å². The largest absolute Gasteiger partial charge is 0.539 e. The van der Waals surface area contributed by atoms with Crippen molar-refractivity contribution >= 4 is 20.1 Å². The van der Waals surface area contributed by atoms with Crippen molar-refractivity contribution in [3.8, 4) is 0 Å². The van der Waals surface area contributed by atoms with E-state index in [-0.39, 0.29) is 18.4 Å². The van der Waals surface area contributed by atoms with Crippen molar-refractivity contribution in [2.24, 2.45) is 0 Å². The Kier molecular flexibility index (Phi) is 6.73. The average Bonchev–Trinajstić information content (AvgIpc) is 2.46. The topological polar surface area (TPSA) is 27.7 Å². The minimum atomic E-state index is -5.15. The van der Waals surface area contributed by atoms with Crippen LogP contribution in [0.25, 0.3) is 6.08 Å². The van der Waals surface area contributed by atoms with Gasteiger partial charge in [0.25, 0.3) is 6.36 Å². The molecule has 0 aliphatic carbocycles. The summed E-state index contributed by atoms with van der Waals surface area (Å²) >= 11 is 0. The molecule has 0 aromatic heterocycles. The molecule has 0 aliphatic heterocycles. The zero-order valence-electron chi connectivity index (χ0n) is 12.3. The van der Waals surface area contributed by atoms with Gasteiger partial charge in [-0.3, -0.25) is 0 Å². The molecule has 124 valence electrons. The highest BCUT2D eigenvalue weighted by atomic mass is 28.4. The average molecular weight is 338 g/mol. The van der Waals surface area contributed by atoms with Crippen LogP contribution in [-0.2, 0) is 13.3 Å². The lowest BCUT2D eigenvalue weighted by molar-refractivity contribution is -0.248. The van der Waals surface area contributed by atoms with Crippen LogP contribution >= 0.6 is 0 Å². The monoisotopic (exact) mass is 338 g/mol. The van der Waals surface area contributed by atoms with E-state index in [2.05, 4.69) is 11.0 Å². The van der Waals surface area contributed by atoms with E-state index >= 15 is 0 Å². The molecule has 0 saturated carbocycles. The number of hydrogen-bond donors (Lipinski definition) is 0. The first-order chi connectivity index (χ1) is 10.3. The zero-order valence-corrected chi connectivity index (χ0v) is 13.3. The van der Waals surface area contributed by atoms with Gasteiger partial charge in [0.2, 0.25) is 0 Å². The summed E-state index contributed by atoms with van der Waals surface area (Å²) in [6, 6.07) is 6.23. The molecule has 22 heavy (non-hydrogen) atoms. The van der Waals surface area contributed by atoms with Crippen molar-refractivity contribution in [2.45, 2.75) is 26.4 Å². The van der Waals surface area contributed by atoms with Crippen molar-refractivity contribution < 1.29 is 30.8 Å². The Bertz CT molecular complexity index is 470. The van der Waals surface area contributed by atoms with Crippen molar-refractivity contribution in [3.63, 3.8) is 0 Å². The fourth-order valence-corrected chi connectivity index (χ4v) is 4.18. The smallest absolute Gasteiger partial charge is 0.370 e. The van der Waals surface area contributed by atoms with Crippen LogP contribution in [0.2, 0.25) is 0 Å². The lowest BCUT2D eigenvalue weighted by Gasteiger charge is -2.31. The minimum Gasteiger partial charge on any atom is -0.370 e. The highest BCUT2D eigenvalue weighted by Crippen LogP contribution is 2.27. The van der Waals surface area contributed by atoms with E-state index in [1.165, 1.54) is 12.1 Å². The van der Waals surface area contributed by atoms with Gasteiger partial charge in [0.15, 0.2) is 0 Å². The SMILES string of the molecule is C=Cc1ccc([Si](OCC)(OCC)OC(F)C(F)(F)F)cc1. The number of benzene rings is 1. The molecule has 1 unspecified atom stereocenters. The maximum Gasteiger partial charge on any atom is 0.539 e. The molecule has 1 aromatic rings. The normalized spacial score (nSPS) is 13.9.